The summed E-state index contributed by atoms with van der Waals surface area (Å²) in [5.41, 5.74) is 8.78. The van der Waals surface area contributed by atoms with E-state index >= 15 is 0 Å². The summed E-state index contributed by atoms with van der Waals surface area (Å²) in [5, 5.41) is 9.12. The Bertz CT molecular complexity index is 392. The second-order valence-corrected chi connectivity index (χ2v) is 5.54. The van der Waals surface area contributed by atoms with Crippen LogP contribution in [-0.2, 0) is 0 Å². The number of hydrogen-bond donors (Lipinski definition) is 2. The molecular formula is C16H26N2O. The fourth-order valence-corrected chi connectivity index (χ4v) is 3.01. The molecule has 0 bridgehead atoms. The smallest absolute Gasteiger partial charge is 0.0434 e. The van der Waals surface area contributed by atoms with E-state index in [1.165, 1.54) is 24.1 Å². The van der Waals surface area contributed by atoms with Crippen LogP contribution >= 0.6 is 0 Å². The Balaban J connectivity index is 2.16. The van der Waals surface area contributed by atoms with Crippen molar-refractivity contribution in [3.8, 4) is 0 Å². The van der Waals surface area contributed by atoms with E-state index < -0.39 is 0 Å². The quantitative estimate of drug-likeness (QED) is 0.858. The van der Waals surface area contributed by atoms with Gasteiger partial charge in [0.2, 0.25) is 0 Å². The van der Waals surface area contributed by atoms with E-state index in [2.05, 4.69) is 36.1 Å². The highest BCUT2D eigenvalue weighted by Crippen LogP contribution is 2.31. The average molecular weight is 262 g/mol. The molecule has 1 heterocycles. The number of para-hydroxylation sites is 1. The number of benzene rings is 1. The van der Waals surface area contributed by atoms with Gasteiger partial charge in [-0.15, -0.1) is 0 Å². The summed E-state index contributed by atoms with van der Waals surface area (Å²) >= 11 is 0. The van der Waals surface area contributed by atoms with Gasteiger partial charge in [0, 0.05) is 31.4 Å². The standard InChI is InChI=1S/C16H26N2O/c1-2-15(17)14-7-3-4-8-16(14)18-10-5-6-13(12-18)9-11-19/h3-4,7-8,13,15,19H,2,5-6,9-12,17H2,1H3/t13?,15-/m0/s1. The van der Waals surface area contributed by atoms with Crippen molar-refractivity contribution in [1.82, 2.24) is 0 Å². The molecule has 3 N–H and O–H groups in total. The summed E-state index contributed by atoms with van der Waals surface area (Å²) in [6.07, 6.45) is 4.32. The summed E-state index contributed by atoms with van der Waals surface area (Å²) in [5.74, 6) is 0.615. The SMILES string of the molecule is CC[C@H](N)c1ccccc1N1CCCC(CCO)C1. The Morgan fingerprint density at radius 1 is 1.42 bits per heavy atom. The van der Waals surface area contributed by atoms with E-state index in [1.807, 2.05) is 0 Å². The zero-order valence-electron chi connectivity index (χ0n) is 11.9. The van der Waals surface area contributed by atoms with Crippen LogP contribution in [0.15, 0.2) is 24.3 Å². The van der Waals surface area contributed by atoms with Crippen molar-refractivity contribution in [2.75, 3.05) is 24.6 Å². The monoisotopic (exact) mass is 262 g/mol. The maximum atomic E-state index is 9.12. The molecule has 1 aromatic rings. The van der Waals surface area contributed by atoms with Gasteiger partial charge in [0.15, 0.2) is 0 Å². The second kappa shape index (κ2) is 6.92. The lowest BCUT2D eigenvalue weighted by atomic mass is 9.93. The number of aliphatic hydroxyl groups is 1. The summed E-state index contributed by atoms with van der Waals surface area (Å²) in [7, 11) is 0. The van der Waals surface area contributed by atoms with E-state index in [0.717, 1.165) is 25.9 Å². The van der Waals surface area contributed by atoms with Crippen LogP contribution in [0.4, 0.5) is 5.69 Å². The Hall–Kier alpha value is -1.06. The lowest BCUT2D eigenvalue weighted by Crippen LogP contribution is -2.36. The molecule has 1 saturated heterocycles. The lowest BCUT2D eigenvalue weighted by molar-refractivity contribution is 0.244. The zero-order valence-corrected chi connectivity index (χ0v) is 11.9. The van der Waals surface area contributed by atoms with Gasteiger partial charge in [0.1, 0.15) is 0 Å². The first-order chi connectivity index (χ1) is 9.26. The third-order valence-corrected chi connectivity index (χ3v) is 4.17. The number of nitrogens with zero attached hydrogens (tertiary/aromatic N) is 1. The van der Waals surface area contributed by atoms with Crippen LogP contribution in [0.25, 0.3) is 0 Å². The van der Waals surface area contributed by atoms with Crippen molar-refractivity contribution in [2.45, 2.75) is 38.6 Å². The van der Waals surface area contributed by atoms with Crippen molar-refractivity contribution in [3.63, 3.8) is 0 Å². The summed E-state index contributed by atoms with van der Waals surface area (Å²) in [6.45, 7) is 4.59. The average Bonchev–Trinajstić information content (AvgIpc) is 2.47. The fraction of sp³-hybridized carbons (Fsp3) is 0.625. The van der Waals surface area contributed by atoms with Crippen LogP contribution in [0.1, 0.15) is 44.2 Å². The zero-order chi connectivity index (χ0) is 13.7. The summed E-state index contributed by atoms with van der Waals surface area (Å²) in [4.78, 5) is 2.45. The number of nitrogens with two attached hydrogens (primary N) is 1. The number of piperidine rings is 1. The fourth-order valence-electron chi connectivity index (χ4n) is 3.01. The highest BCUT2D eigenvalue weighted by molar-refractivity contribution is 5.55. The molecule has 0 aromatic heterocycles. The molecule has 0 spiro atoms. The van der Waals surface area contributed by atoms with E-state index in [0.29, 0.717) is 12.5 Å². The van der Waals surface area contributed by atoms with Gasteiger partial charge >= 0.3 is 0 Å². The maximum Gasteiger partial charge on any atom is 0.0434 e. The van der Waals surface area contributed by atoms with Crippen LogP contribution in [-0.4, -0.2) is 24.8 Å². The van der Waals surface area contributed by atoms with Gasteiger partial charge in [0.05, 0.1) is 0 Å². The van der Waals surface area contributed by atoms with E-state index in [9.17, 15) is 0 Å². The molecule has 0 amide bonds. The molecule has 1 aromatic carbocycles. The minimum Gasteiger partial charge on any atom is -0.396 e. The Kier molecular flexibility index (Phi) is 5.23. The van der Waals surface area contributed by atoms with Gasteiger partial charge in [-0.2, -0.15) is 0 Å². The first kappa shape index (κ1) is 14.4. The molecule has 2 rings (SSSR count). The molecule has 1 unspecified atom stereocenters. The number of rotatable bonds is 5. The Morgan fingerprint density at radius 3 is 2.95 bits per heavy atom. The molecule has 1 fully saturated rings. The third kappa shape index (κ3) is 3.48. The minimum atomic E-state index is 0.120. The minimum absolute atomic E-state index is 0.120. The molecule has 106 valence electrons. The highest BCUT2D eigenvalue weighted by Gasteiger charge is 2.22. The van der Waals surface area contributed by atoms with Gasteiger partial charge in [-0.25, -0.2) is 0 Å². The van der Waals surface area contributed by atoms with Crippen LogP contribution in [0, 0.1) is 5.92 Å². The van der Waals surface area contributed by atoms with Crippen molar-refractivity contribution in [2.24, 2.45) is 11.7 Å². The van der Waals surface area contributed by atoms with Gasteiger partial charge in [0.25, 0.3) is 0 Å². The number of hydrogen-bond acceptors (Lipinski definition) is 3. The van der Waals surface area contributed by atoms with Crippen LogP contribution in [0.3, 0.4) is 0 Å². The van der Waals surface area contributed by atoms with E-state index in [1.54, 1.807) is 0 Å². The van der Waals surface area contributed by atoms with Gasteiger partial charge in [-0.3, -0.25) is 0 Å². The number of anilines is 1. The van der Waals surface area contributed by atoms with Crippen LogP contribution < -0.4 is 10.6 Å². The summed E-state index contributed by atoms with van der Waals surface area (Å²) in [6, 6.07) is 8.63. The van der Waals surface area contributed by atoms with Crippen molar-refractivity contribution in [1.29, 1.82) is 0 Å². The van der Waals surface area contributed by atoms with Gasteiger partial charge < -0.3 is 15.7 Å². The second-order valence-electron chi connectivity index (χ2n) is 5.54. The predicted molar refractivity (Wildman–Crippen MR) is 80.3 cm³/mol. The van der Waals surface area contributed by atoms with Gasteiger partial charge in [-0.1, -0.05) is 25.1 Å². The van der Waals surface area contributed by atoms with Crippen LogP contribution in [0.5, 0.6) is 0 Å². The Morgan fingerprint density at radius 2 is 2.21 bits per heavy atom. The molecule has 2 atom stereocenters. The molecule has 3 nitrogen and oxygen atoms in total. The normalized spacial score (nSPS) is 21.4. The first-order valence-corrected chi connectivity index (χ1v) is 7.46. The molecule has 1 aliphatic rings. The lowest BCUT2D eigenvalue weighted by Gasteiger charge is -2.36. The third-order valence-electron chi connectivity index (χ3n) is 4.17. The first-order valence-electron chi connectivity index (χ1n) is 7.46. The molecule has 0 aliphatic carbocycles. The molecule has 0 saturated carbocycles. The number of aliphatic hydroxyl groups excluding tert-OH is 1. The van der Waals surface area contributed by atoms with Crippen molar-refractivity contribution < 1.29 is 5.11 Å². The molecule has 3 heteroatoms. The van der Waals surface area contributed by atoms with Gasteiger partial charge in [-0.05, 0) is 43.2 Å². The topological polar surface area (TPSA) is 49.5 Å². The largest absolute Gasteiger partial charge is 0.396 e. The highest BCUT2D eigenvalue weighted by atomic mass is 16.3. The molecule has 19 heavy (non-hydrogen) atoms. The van der Waals surface area contributed by atoms with Crippen molar-refractivity contribution in [3.05, 3.63) is 29.8 Å². The van der Waals surface area contributed by atoms with Crippen molar-refractivity contribution >= 4 is 5.69 Å². The van der Waals surface area contributed by atoms with Crippen LogP contribution in [0.2, 0.25) is 0 Å². The van der Waals surface area contributed by atoms with E-state index in [4.69, 9.17) is 10.8 Å². The Labute approximate surface area is 116 Å². The summed E-state index contributed by atoms with van der Waals surface area (Å²) < 4.78 is 0. The molecular weight excluding hydrogens is 236 g/mol. The maximum absolute atomic E-state index is 9.12. The molecule has 0 radical (unpaired) electrons. The van der Waals surface area contributed by atoms with E-state index in [-0.39, 0.29) is 6.04 Å². The predicted octanol–water partition coefficient (Wildman–Crippen LogP) is 2.70. The molecule has 1 aliphatic heterocycles.